The predicted octanol–water partition coefficient (Wildman–Crippen LogP) is 4.22. The third-order valence-electron chi connectivity index (χ3n) is 4.57. The first-order valence-corrected chi connectivity index (χ1v) is 8.17. The average molecular weight is 286 g/mol. The smallest absolute Gasteiger partial charge is 0.0991 e. The number of anilines is 1. The van der Waals surface area contributed by atoms with Crippen LogP contribution in [0.5, 0.6) is 0 Å². The molecule has 3 heteroatoms. The van der Waals surface area contributed by atoms with Gasteiger partial charge in [0.15, 0.2) is 0 Å². The average Bonchev–Trinajstić information content (AvgIpc) is 2.52. The molecule has 0 aliphatic heterocycles. The molecule has 0 spiro atoms. The quantitative estimate of drug-likeness (QED) is 0.823. The van der Waals surface area contributed by atoms with Crippen molar-refractivity contribution in [1.82, 2.24) is 0 Å². The Labute approximate surface area is 128 Å². The first-order chi connectivity index (χ1) is 10.2. The fourth-order valence-electron chi connectivity index (χ4n) is 3.24. The van der Waals surface area contributed by atoms with E-state index in [9.17, 15) is 5.11 Å². The molecule has 21 heavy (non-hydrogen) atoms. The van der Waals surface area contributed by atoms with Crippen molar-refractivity contribution in [3.63, 3.8) is 0 Å². The molecule has 1 aromatic rings. The number of hydrogen-bond acceptors (Lipinski definition) is 3. The fraction of sp³-hybridized carbons (Fsp3) is 0.611. The van der Waals surface area contributed by atoms with Crippen LogP contribution in [0.25, 0.3) is 0 Å². The predicted molar refractivity (Wildman–Crippen MR) is 86.1 cm³/mol. The molecule has 0 saturated heterocycles. The molecule has 2 N–H and O–H groups in total. The zero-order valence-corrected chi connectivity index (χ0v) is 12.9. The number of nitrogens with zero attached hydrogens (tertiary/aromatic N) is 1. The number of nitrogens with one attached hydrogen (secondary N) is 1. The molecule has 0 radical (unpaired) electrons. The van der Waals surface area contributed by atoms with Gasteiger partial charge in [-0.1, -0.05) is 39.0 Å². The van der Waals surface area contributed by atoms with E-state index in [4.69, 9.17) is 5.26 Å². The molecule has 1 saturated carbocycles. The number of nitriles is 1. The lowest BCUT2D eigenvalue weighted by Gasteiger charge is -2.40. The van der Waals surface area contributed by atoms with E-state index in [1.165, 1.54) is 6.42 Å². The van der Waals surface area contributed by atoms with Gasteiger partial charge in [0.05, 0.1) is 23.3 Å². The third-order valence-corrected chi connectivity index (χ3v) is 4.57. The molecule has 1 unspecified atom stereocenters. The Balaban J connectivity index is 2.09. The molecule has 1 aromatic carbocycles. The second-order valence-corrected chi connectivity index (χ2v) is 6.19. The number of hydrogen-bond donors (Lipinski definition) is 2. The minimum absolute atomic E-state index is 0.102. The van der Waals surface area contributed by atoms with Gasteiger partial charge in [-0.3, -0.25) is 0 Å². The topological polar surface area (TPSA) is 56.0 Å². The van der Waals surface area contributed by atoms with Crippen LogP contribution < -0.4 is 5.32 Å². The Morgan fingerprint density at radius 2 is 1.90 bits per heavy atom. The fourth-order valence-corrected chi connectivity index (χ4v) is 3.24. The number of unbranched alkanes of at least 4 members (excludes halogenated alkanes) is 1. The second kappa shape index (κ2) is 7.47. The van der Waals surface area contributed by atoms with Gasteiger partial charge in [-0.15, -0.1) is 0 Å². The molecule has 1 atom stereocenters. The molecular formula is C18H26N2O. The van der Waals surface area contributed by atoms with E-state index in [0.29, 0.717) is 5.56 Å². The van der Waals surface area contributed by atoms with Crippen LogP contribution >= 0.6 is 0 Å². The minimum Gasteiger partial charge on any atom is -0.388 e. The highest BCUT2D eigenvalue weighted by molar-refractivity contribution is 5.48. The summed E-state index contributed by atoms with van der Waals surface area (Å²) in [6.07, 6.45) is 8.52. The maximum absolute atomic E-state index is 11.0. The SMILES string of the molecule is CCCCC(Nc1ccc(C#N)cc1)C1(O)CCCCC1. The molecule has 1 fully saturated rings. The van der Waals surface area contributed by atoms with Gasteiger partial charge in [0, 0.05) is 5.69 Å². The van der Waals surface area contributed by atoms with Crippen LogP contribution in [-0.4, -0.2) is 16.7 Å². The van der Waals surface area contributed by atoms with Crippen LogP contribution in [0.2, 0.25) is 0 Å². The highest BCUT2D eigenvalue weighted by atomic mass is 16.3. The molecule has 114 valence electrons. The molecule has 0 bridgehead atoms. The van der Waals surface area contributed by atoms with Crippen LogP contribution in [0.15, 0.2) is 24.3 Å². The largest absolute Gasteiger partial charge is 0.388 e. The summed E-state index contributed by atoms with van der Waals surface area (Å²) in [5, 5.41) is 23.4. The second-order valence-electron chi connectivity index (χ2n) is 6.19. The van der Waals surface area contributed by atoms with Crippen molar-refractivity contribution < 1.29 is 5.11 Å². The summed E-state index contributed by atoms with van der Waals surface area (Å²) in [7, 11) is 0. The summed E-state index contributed by atoms with van der Waals surface area (Å²) in [5.74, 6) is 0. The Morgan fingerprint density at radius 1 is 1.24 bits per heavy atom. The Bertz CT molecular complexity index is 469. The maximum Gasteiger partial charge on any atom is 0.0991 e. The van der Waals surface area contributed by atoms with E-state index < -0.39 is 5.60 Å². The van der Waals surface area contributed by atoms with Crippen LogP contribution in [0.3, 0.4) is 0 Å². The lowest BCUT2D eigenvalue weighted by molar-refractivity contribution is -0.0159. The van der Waals surface area contributed by atoms with Gasteiger partial charge < -0.3 is 10.4 Å². The molecular weight excluding hydrogens is 260 g/mol. The van der Waals surface area contributed by atoms with Crippen molar-refractivity contribution in [2.45, 2.75) is 69.9 Å². The molecule has 2 rings (SSSR count). The van der Waals surface area contributed by atoms with Gasteiger partial charge in [-0.25, -0.2) is 0 Å². The Morgan fingerprint density at radius 3 is 2.48 bits per heavy atom. The Hall–Kier alpha value is -1.53. The molecule has 0 amide bonds. The van der Waals surface area contributed by atoms with E-state index in [2.05, 4.69) is 18.3 Å². The van der Waals surface area contributed by atoms with Gasteiger partial charge in [0.25, 0.3) is 0 Å². The van der Waals surface area contributed by atoms with Crippen molar-refractivity contribution in [2.75, 3.05) is 5.32 Å². The van der Waals surface area contributed by atoms with E-state index in [1.807, 2.05) is 24.3 Å². The van der Waals surface area contributed by atoms with Crippen molar-refractivity contribution in [2.24, 2.45) is 0 Å². The summed E-state index contributed by atoms with van der Waals surface area (Å²) >= 11 is 0. The van der Waals surface area contributed by atoms with Gasteiger partial charge in [0.1, 0.15) is 0 Å². The van der Waals surface area contributed by atoms with Crippen molar-refractivity contribution in [3.05, 3.63) is 29.8 Å². The van der Waals surface area contributed by atoms with Crippen LogP contribution in [0.4, 0.5) is 5.69 Å². The molecule has 1 aliphatic carbocycles. The minimum atomic E-state index is -0.582. The zero-order chi connectivity index (χ0) is 15.1. The standard InChI is InChI=1S/C18H26N2O/c1-2-3-7-17(18(21)12-5-4-6-13-18)20-16-10-8-15(14-19)9-11-16/h8-11,17,20-21H,2-7,12-13H2,1H3. The van der Waals surface area contributed by atoms with Crippen molar-refractivity contribution in [3.8, 4) is 6.07 Å². The molecule has 1 aliphatic rings. The molecule has 3 nitrogen and oxygen atoms in total. The lowest BCUT2D eigenvalue weighted by atomic mass is 9.77. The van der Waals surface area contributed by atoms with Gasteiger partial charge in [-0.2, -0.15) is 5.26 Å². The molecule has 0 aromatic heterocycles. The van der Waals surface area contributed by atoms with E-state index in [-0.39, 0.29) is 6.04 Å². The van der Waals surface area contributed by atoms with Gasteiger partial charge >= 0.3 is 0 Å². The summed E-state index contributed by atoms with van der Waals surface area (Å²) in [5.41, 5.74) is 1.08. The van der Waals surface area contributed by atoms with Crippen molar-refractivity contribution in [1.29, 1.82) is 5.26 Å². The maximum atomic E-state index is 11.0. The Kier molecular flexibility index (Phi) is 5.64. The monoisotopic (exact) mass is 286 g/mol. The summed E-state index contributed by atoms with van der Waals surface area (Å²) < 4.78 is 0. The summed E-state index contributed by atoms with van der Waals surface area (Å²) in [6, 6.07) is 9.75. The summed E-state index contributed by atoms with van der Waals surface area (Å²) in [4.78, 5) is 0. The number of benzene rings is 1. The summed E-state index contributed by atoms with van der Waals surface area (Å²) in [6.45, 7) is 2.18. The van der Waals surface area contributed by atoms with Gasteiger partial charge in [0.2, 0.25) is 0 Å². The van der Waals surface area contributed by atoms with Crippen molar-refractivity contribution >= 4 is 5.69 Å². The number of rotatable bonds is 6. The van der Waals surface area contributed by atoms with Crippen LogP contribution in [-0.2, 0) is 0 Å². The van der Waals surface area contributed by atoms with E-state index in [1.54, 1.807) is 0 Å². The van der Waals surface area contributed by atoms with E-state index >= 15 is 0 Å². The zero-order valence-electron chi connectivity index (χ0n) is 12.9. The molecule has 0 heterocycles. The van der Waals surface area contributed by atoms with Crippen LogP contribution in [0, 0.1) is 11.3 Å². The van der Waals surface area contributed by atoms with Crippen LogP contribution in [0.1, 0.15) is 63.9 Å². The first-order valence-electron chi connectivity index (χ1n) is 8.17. The highest BCUT2D eigenvalue weighted by Gasteiger charge is 2.37. The normalized spacial score (nSPS) is 18.7. The van der Waals surface area contributed by atoms with Gasteiger partial charge in [-0.05, 0) is 43.5 Å². The number of aliphatic hydroxyl groups is 1. The van der Waals surface area contributed by atoms with E-state index in [0.717, 1.165) is 50.6 Å². The third kappa shape index (κ3) is 4.22. The lowest BCUT2D eigenvalue weighted by Crippen LogP contribution is -2.48. The highest BCUT2D eigenvalue weighted by Crippen LogP contribution is 2.34. The first kappa shape index (κ1) is 15.9.